The van der Waals surface area contributed by atoms with Gasteiger partial charge in [0.1, 0.15) is 11.2 Å². The molecule has 0 unspecified atom stereocenters. The number of aromatic nitrogens is 3. The summed E-state index contributed by atoms with van der Waals surface area (Å²) < 4.78 is 11.4. The first-order chi connectivity index (χ1) is 27.2. The maximum Gasteiger partial charge on any atom is 0.160 e. The van der Waals surface area contributed by atoms with Crippen molar-refractivity contribution in [1.29, 1.82) is 0 Å². The van der Waals surface area contributed by atoms with Crippen molar-refractivity contribution >= 4 is 86.2 Å². The molecule has 4 heterocycles. The Balaban J connectivity index is 1.04. The van der Waals surface area contributed by atoms with E-state index in [9.17, 15) is 0 Å². The van der Waals surface area contributed by atoms with Gasteiger partial charge < -0.3 is 8.98 Å². The summed E-state index contributed by atoms with van der Waals surface area (Å²) in [4.78, 5) is 10.4. The van der Waals surface area contributed by atoms with Crippen LogP contribution in [-0.2, 0) is 0 Å². The molecule has 0 aliphatic rings. The molecule has 12 aromatic rings. The van der Waals surface area contributed by atoms with Crippen LogP contribution in [-0.4, -0.2) is 14.5 Å². The molecule has 4 aromatic heterocycles. The number of thiophene rings is 1. The second-order valence-corrected chi connectivity index (χ2v) is 15.2. The number of furan rings is 1. The van der Waals surface area contributed by atoms with Gasteiger partial charge in [0.15, 0.2) is 5.82 Å². The number of hydrogen-bond donors (Lipinski definition) is 0. The summed E-state index contributed by atoms with van der Waals surface area (Å²) in [6.45, 7) is 0. The smallest absolute Gasteiger partial charge is 0.160 e. The van der Waals surface area contributed by atoms with Gasteiger partial charge in [-0.25, -0.2) is 9.97 Å². The van der Waals surface area contributed by atoms with Gasteiger partial charge in [-0.1, -0.05) is 121 Å². The molecule has 0 atom stereocenters. The Kier molecular flexibility index (Phi) is 6.47. The van der Waals surface area contributed by atoms with Gasteiger partial charge in [0.2, 0.25) is 0 Å². The molecule has 8 aromatic carbocycles. The van der Waals surface area contributed by atoms with E-state index in [1.165, 1.54) is 42.9 Å². The van der Waals surface area contributed by atoms with E-state index in [2.05, 4.69) is 174 Å². The minimum atomic E-state index is 0.685. The lowest BCUT2D eigenvalue weighted by atomic mass is 10.0. The molecule has 0 saturated carbocycles. The van der Waals surface area contributed by atoms with E-state index in [4.69, 9.17) is 14.4 Å². The zero-order chi connectivity index (χ0) is 36.0. The molecule has 5 heteroatoms. The highest BCUT2D eigenvalue weighted by molar-refractivity contribution is 7.26. The molecule has 256 valence electrons. The van der Waals surface area contributed by atoms with E-state index in [0.29, 0.717) is 5.82 Å². The second kappa shape index (κ2) is 11.7. The third-order valence-corrected chi connectivity index (χ3v) is 12.2. The highest BCUT2D eigenvalue weighted by Gasteiger charge is 2.20. The molecule has 0 aliphatic carbocycles. The van der Waals surface area contributed by atoms with Gasteiger partial charge in [-0.05, 0) is 70.4 Å². The summed E-state index contributed by atoms with van der Waals surface area (Å²) in [5.41, 5.74) is 11.4. The van der Waals surface area contributed by atoms with Crippen molar-refractivity contribution in [3.8, 4) is 39.5 Å². The van der Waals surface area contributed by atoms with Crippen molar-refractivity contribution in [2.24, 2.45) is 0 Å². The molecule has 0 saturated heterocycles. The van der Waals surface area contributed by atoms with Crippen LogP contribution in [0.2, 0.25) is 0 Å². The highest BCUT2D eigenvalue weighted by atomic mass is 32.1. The first kappa shape index (κ1) is 30.4. The maximum absolute atomic E-state index is 6.72. The van der Waals surface area contributed by atoms with Crippen molar-refractivity contribution in [3.63, 3.8) is 0 Å². The van der Waals surface area contributed by atoms with Gasteiger partial charge in [0, 0.05) is 54.5 Å². The first-order valence-corrected chi connectivity index (χ1v) is 19.3. The molecular weight excluding hydrogens is 691 g/mol. The summed E-state index contributed by atoms with van der Waals surface area (Å²) >= 11 is 1.75. The average molecular weight is 720 g/mol. The number of hydrogen-bond acceptors (Lipinski definition) is 4. The lowest BCUT2D eigenvalue weighted by molar-refractivity contribution is 0.669. The van der Waals surface area contributed by atoms with Crippen LogP contribution in [0.25, 0.3) is 114 Å². The van der Waals surface area contributed by atoms with Crippen molar-refractivity contribution in [2.45, 2.75) is 0 Å². The highest BCUT2D eigenvalue weighted by Crippen LogP contribution is 2.42. The van der Waals surface area contributed by atoms with Crippen LogP contribution < -0.4 is 0 Å². The predicted octanol–water partition coefficient (Wildman–Crippen LogP) is 14.0. The summed E-state index contributed by atoms with van der Waals surface area (Å²) in [5, 5.41) is 8.25. The monoisotopic (exact) mass is 719 g/mol. The fraction of sp³-hybridized carbons (Fsp3) is 0. The normalized spacial score (nSPS) is 12.0. The Bertz CT molecular complexity index is 3490. The van der Waals surface area contributed by atoms with Crippen LogP contribution in [0.1, 0.15) is 0 Å². The Morgan fingerprint density at radius 2 is 1.15 bits per heavy atom. The summed E-state index contributed by atoms with van der Waals surface area (Å²) in [6, 6.07) is 62.5. The van der Waals surface area contributed by atoms with Gasteiger partial charge in [-0.2, -0.15) is 0 Å². The molecule has 0 bridgehead atoms. The molecule has 12 rings (SSSR count). The van der Waals surface area contributed by atoms with E-state index in [-0.39, 0.29) is 0 Å². The Hall–Kier alpha value is -7.08. The largest absolute Gasteiger partial charge is 0.456 e. The van der Waals surface area contributed by atoms with Crippen molar-refractivity contribution < 1.29 is 4.42 Å². The lowest BCUT2D eigenvalue weighted by Crippen LogP contribution is -1.93. The van der Waals surface area contributed by atoms with E-state index in [1.54, 1.807) is 11.3 Å². The minimum Gasteiger partial charge on any atom is -0.456 e. The molecule has 0 spiro atoms. The average Bonchev–Trinajstić information content (AvgIpc) is 3.92. The van der Waals surface area contributed by atoms with Crippen LogP contribution in [0.3, 0.4) is 0 Å². The molecule has 0 fully saturated rings. The minimum absolute atomic E-state index is 0.685. The fourth-order valence-corrected chi connectivity index (χ4v) is 9.59. The Morgan fingerprint density at radius 3 is 2.00 bits per heavy atom. The van der Waals surface area contributed by atoms with Crippen LogP contribution >= 0.6 is 11.3 Å². The number of benzene rings is 8. The van der Waals surface area contributed by atoms with Gasteiger partial charge in [0.25, 0.3) is 0 Å². The molecule has 0 amide bonds. The van der Waals surface area contributed by atoms with E-state index < -0.39 is 0 Å². The van der Waals surface area contributed by atoms with Crippen LogP contribution in [0, 0.1) is 0 Å². The summed E-state index contributed by atoms with van der Waals surface area (Å²) in [6.07, 6.45) is 0. The molecule has 0 N–H and O–H groups in total. The van der Waals surface area contributed by atoms with E-state index in [1.807, 2.05) is 6.07 Å². The summed E-state index contributed by atoms with van der Waals surface area (Å²) in [5.74, 6) is 0.685. The number of nitrogens with zero attached hydrogens (tertiary/aromatic N) is 3. The molecule has 0 aliphatic heterocycles. The standard InChI is InChI=1S/C50H29N3OS/c1-3-11-30(12-4-1)33-21-25-41-40(27-33)46-36-16-8-7-13-31(36)20-26-42(46)53(41)35-22-24-38-37-23-19-34(28-43(37)54-44(38)29-35)50-51-47(32-14-5-2-6-15-32)49-48(52-50)39-17-9-10-18-45(39)55-49/h1-29H. The van der Waals surface area contributed by atoms with Gasteiger partial charge in [-0.3, -0.25) is 0 Å². The van der Waals surface area contributed by atoms with Crippen LogP contribution in [0.5, 0.6) is 0 Å². The van der Waals surface area contributed by atoms with Crippen molar-refractivity contribution in [3.05, 3.63) is 176 Å². The zero-order valence-corrected chi connectivity index (χ0v) is 30.2. The van der Waals surface area contributed by atoms with Gasteiger partial charge in [0.05, 0.1) is 26.9 Å². The number of rotatable bonds is 4. The maximum atomic E-state index is 6.72. The topological polar surface area (TPSA) is 43.9 Å². The van der Waals surface area contributed by atoms with Gasteiger partial charge in [-0.15, -0.1) is 11.3 Å². The fourth-order valence-electron chi connectivity index (χ4n) is 8.43. The number of fused-ring (bicyclic) bond motifs is 11. The molecular formula is C50H29N3OS. The molecule has 55 heavy (non-hydrogen) atoms. The second-order valence-electron chi connectivity index (χ2n) is 14.1. The third-order valence-electron chi connectivity index (χ3n) is 11.0. The predicted molar refractivity (Wildman–Crippen MR) is 230 cm³/mol. The quantitative estimate of drug-likeness (QED) is 0.182. The Labute approximate surface area is 319 Å². The third kappa shape index (κ3) is 4.64. The lowest BCUT2D eigenvalue weighted by Gasteiger charge is -2.09. The van der Waals surface area contributed by atoms with Crippen LogP contribution in [0.4, 0.5) is 0 Å². The zero-order valence-electron chi connectivity index (χ0n) is 29.4. The van der Waals surface area contributed by atoms with Crippen molar-refractivity contribution in [1.82, 2.24) is 14.5 Å². The van der Waals surface area contributed by atoms with Crippen LogP contribution in [0.15, 0.2) is 180 Å². The van der Waals surface area contributed by atoms with Crippen molar-refractivity contribution in [2.75, 3.05) is 0 Å². The Morgan fingerprint density at radius 1 is 0.455 bits per heavy atom. The van der Waals surface area contributed by atoms with E-state index in [0.717, 1.165) is 65.6 Å². The summed E-state index contributed by atoms with van der Waals surface area (Å²) in [7, 11) is 0. The van der Waals surface area contributed by atoms with E-state index >= 15 is 0 Å². The molecule has 4 nitrogen and oxygen atoms in total. The molecule has 0 radical (unpaired) electrons. The van der Waals surface area contributed by atoms with Gasteiger partial charge >= 0.3 is 0 Å². The SMILES string of the molecule is c1ccc(-c2ccc3c(c2)c2c4ccccc4ccc2n3-c2ccc3c(c2)oc2cc(-c4nc(-c5ccccc5)c5sc6ccccc6c5n4)ccc23)cc1. The first-order valence-electron chi connectivity index (χ1n) is 18.5.